The van der Waals surface area contributed by atoms with Crippen LogP contribution in [0, 0.1) is 17.0 Å². The van der Waals surface area contributed by atoms with Crippen LogP contribution in [0.1, 0.15) is 41.0 Å². The Morgan fingerprint density at radius 3 is 2.58 bits per heavy atom. The highest BCUT2D eigenvalue weighted by Gasteiger charge is 2.36. The largest absolute Gasteiger partial charge is 0.382 e. The van der Waals surface area contributed by atoms with Crippen LogP contribution in [0.3, 0.4) is 0 Å². The molecular formula is C27H31N3O6S2. The molecule has 0 aliphatic carbocycles. The maximum atomic E-state index is 13.8. The van der Waals surface area contributed by atoms with Crippen LogP contribution in [0.4, 0.5) is 5.69 Å². The number of carbonyl (C=O) groups excluding carboxylic acids is 1. The molecule has 0 saturated carbocycles. The predicted octanol–water partition coefficient (Wildman–Crippen LogP) is 4.56. The summed E-state index contributed by atoms with van der Waals surface area (Å²) < 4.78 is 33.8. The molecule has 0 radical (unpaired) electrons. The number of rotatable bonds is 11. The highest BCUT2D eigenvalue weighted by atomic mass is 32.2. The number of nitro groups is 1. The summed E-state index contributed by atoms with van der Waals surface area (Å²) in [5.41, 5.74) is 2.94. The molecule has 0 fully saturated rings. The van der Waals surface area contributed by atoms with Crippen LogP contribution in [0.25, 0.3) is 0 Å². The van der Waals surface area contributed by atoms with Crippen molar-refractivity contribution in [3.8, 4) is 0 Å². The summed E-state index contributed by atoms with van der Waals surface area (Å²) in [6.45, 7) is 4.95. The quantitative estimate of drug-likeness (QED) is 0.194. The number of amides is 1. The van der Waals surface area contributed by atoms with E-state index in [2.05, 4.69) is 0 Å². The second kappa shape index (κ2) is 12.2. The molecule has 38 heavy (non-hydrogen) atoms. The first-order chi connectivity index (χ1) is 18.2. The lowest BCUT2D eigenvalue weighted by Crippen LogP contribution is -2.47. The van der Waals surface area contributed by atoms with Crippen LogP contribution in [0.15, 0.2) is 64.9 Å². The molecule has 11 heteroatoms. The molecular weight excluding hydrogens is 526 g/mol. The van der Waals surface area contributed by atoms with Crippen molar-refractivity contribution in [2.75, 3.05) is 32.8 Å². The van der Waals surface area contributed by atoms with Gasteiger partial charge in [-0.3, -0.25) is 14.9 Å². The summed E-state index contributed by atoms with van der Waals surface area (Å²) >= 11 is 1.67. The van der Waals surface area contributed by atoms with Crippen LogP contribution in [-0.4, -0.2) is 61.3 Å². The number of sulfonamides is 1. The summed E-state index contributed by atoms with van der Waals surface area (Å²) in [5, 5.41) is 13.1. The Bertz CT molecular complexity index is 1390. The van der Waals surface area contributed by atoms with Gasteiger partial charge in [0.2, 0.25) is 15.9 Å². The smallest absolute Gasteiger partial charge is 0.269 e. The first-order valence-electron chi connectivity index (χ1n) is 12.5. The van der Waals surface area contributed by atoms with E-state index in [0.29, 0.717) is 32.6 Å². The first kappa shape index (κ1) is 27.9. The molecule has 1 atom stereocenters. The van der Waals surface area contributed by atoms with E-state index in [0.717, 1.165) is 33.1 Å². The lowest BCUT2D eigenvalue weighted by molar-refractivity contribution is -0.384. The summed E-state index contributed by atoms with van der Waals surface area (Å²) in [6, 6.07) is 14.4. The SMILES string of the molecule is CCOCCCN(CC(=O)N1CCc2sccc2C1c1ccccc1C)S(=O)(=O)c1ccc([N+](=O)[O-])cc1. The summed E-state index contributed by atoms with van der Waals surface area (Å²) in [4.78, 5) is 27.2. The van der Waals surface area contributed by atoms with Gasteiger partial charge in [0.25, 0.3) is 5.69 Å². The van der Waals surface area contributed by atoms with Crippen molar-refractivity contribution >= 4 is 33.0 Å². The number of aryl methyl sites for hydroxylation is 1. The van der Waals surface area contributed by atoms with Gasteiger partial charge in [0, 0.05) is 43.3 Å². The minimum Gasteiger partial charge on any atom is -0.382 e. The summed E-state index contributed by atoms with van der Waals surface area (Å²) in [7, 11) is -4.09. The standard InChI is InChI=1S/C27H31N3O6S2/c1-3-36-17-6-15-28(38(34,35)22-11-9-21(10-12-22)30(32)33)19-26(31)29-16-13-25-24(14-18-37-25)27(29)23-8-5-4-7-20(23)2/h4-5,7-12,14,18,27H,3,6,13,15-17,19H2,1-2H3. The molecule has 2 aromatic carbocycles. The molecule has 9 nitrogen and oxygen atoms in total. The van der Waals surface area contributed by atoms with Gasteiger partial charge >= 0.3 is 0 Å². The number of ether oxygens (including phenoxy) is 1. The summed E-state index contributed by atoms with van der Waals surface area (Å²) in [6.07, 6.45) is 1.11. The molecule has 202 valence electrons. The normalized spacial score (nSPS) is 15.4. The Hall–Kier alpha value is -3.12. The minimum absolute atomic E-state index is 0.0810. The Balaban J connectivity index is 1.64. The Kier molecular flexibility index (Phi) is 8.93. The van der Waals surface area contributed by atoms with Crippen molar-refractivity contribution in [3.63, 3.8) is 0 Å². The maximum Gasteiger partial charge on any atom is 0.269 e. The Labute approximate surface area is 226 Å². The topological polar surface area (TPSA) is 110 Å². The Morgan fingerprint density at radius 1 is 1.16 bits per heavy atom. The van der Waals surface area contributed by atoms with Gasteiger partial charge in [-0.2, -0.15) is 4.31 Å². The van der Waals surface area contributed by atoms with E-state index in [4.69, 9.17) is 4.74 Å². The van der Waals surface area contributed by atoms with Crippen LogP contribution < -0.4 is 0 Å². The average molecular weight is 558 g/mol. The molecule has 0 saturated heterocycles. The van der Waals surface area contributed by atoms with Gasteiger partial charge < -0.3 is 9.64 Å². The molecule has 1 aromatic heterocycles. The number of benzene rings is 2. The number of fused-ring (bicyclic) bond motifs is 1. The van der Waals surface area contributed by atoms with Crippen LogP contribution in [0.5, 0.6) is 0 Å². The molecule has 0 N–H and O–H groups in total. The minimum atomic E-state index is -4.09. The van der Waals surface area contributed by atoms with Crippen LogP contribution in [0.2, 0.25) is 0 Å². The van der Waals surface area contributed by atoms with Crippen LogP contribution in [-0.2, 0) is 26.0 Å². The third-order valence-corrected chi connectivity index (χ3v) is 9.52. The van der Waals surface area contributed by atoms with Gasteiger partial charge in [-0.25, -0.2) is 8.42 Å². The van der Waals surface area contributed by atoms with Crippen molar-refractivity contribution in [1.82, 2.24) is 9.21 Å². The molecule has 1 aliphatic heterocycles. The zero-order chi connectivity index (χ0) is 27.3. The molecule has 0 spiro atoms. The number of hydrogen-bond acceptors (Lipinski definition) is 7. The average Bonchev–Trinajstić information content (AvgIpc) is 3.39. The molecule has 4 rings (SSSR count). The van der Waals surface area contributed by atoms with Crippen molar-refractivity contribution in [2.24, 2.45) is 0 Å². The second-order valence-electron chi connectivity index (χ2n) is 9.04. The number of hydrogen-bond donors (Lipinski definition) is 0. The number of non-ortho nitro benzene ring substituents is 1. The zero-order valence-corrected chi connectivity index (χ0v) is 23.0. The predicted molar refractivity (Wildman–Crippen MR) is 146 cm³/mol. The van der Waals surface area contributed by atoms with E-state index in [1.54, 1.807) is 16.2 Å². The fourth-order valence-electron chi connectivity index (χ4n) is 4.72. The first-order valence-corrected chi connectivity index (χ1v) is 14.8. The molecule has 3 aromatic rings. The third-order valence-electron chi connectivity index (χ3n) is 6.67. The third kappa shape index (κ3) is 5.96. The zero-order valence-electron chi connectivity index (χ0n) is 21.4. The highest BCUT2D eigenvalue weighted by molar-refractivity contribution is 7.89. The second-order valence-corrected chi connectivity index (χ2v) is 12.0. The monoisotopic (exact) mass is 557 g/mol. The van der Waals surface area contributed by atoms with E-state index < -0.39 is 14.9 Å². The fraction of sp³-hybridized carbons (Fsp3) is 0.370. The van der Waals surface area contributed by atoms with Crippen molar-refractivity contribution in [2.45, 2.75) is 37.6 Å². The molecule has 0 bridgehead atoms. The number of carbonyl (C=O) groups is 1. The number of thiophene rings is 1. The lowest BCUT2D eigenvalue weighted by atomic mass is 9.90. The molecule has 1 unspecified atom stereocenters. The molecule has 1 amide bonds. The fourth-order valence-corrected chi connectivity index (χ4v) is 7.05. The van der Waals surface area contributed by atoms with E-state index in [1.165, 1.54) is 17.0 Å². The van der Waals surface area contributed by atoms with Gasteiger partial charge in [-0.15, -0.1) is 11.3 Å². The van der Waals surface area contributed by atoms with E-state index in [-0.39, 0.29) is 35.6 Å². The van der Waals surface area contributed by atoms with Gasteiger partial charge in [0.15, 0.2) is 0 Å². The highest BCUT2D eigenvalue weighted by Crippen LogP contribution is 2.39. The number of nitro benzene ring substituents is 1. The van der Waals surface area contributed by atoms with Gasteiger partial charge in [0.05, 0.1) is 22.4 Å². The van der Waals surface area contributed by atoms with Crippen LogP contribution >= 0.6 is 11.3 Å². The Morgan fingerprint density at radius 2 is 1.89 bits per heavy atom. The number of nitrogens with zero attached hydrogens (tertiary/aromatic N) is 3. The van der Waals surface area contributed by atoms with E-state index in [9.17, 15) is 23.3 Å². The van der Waals surface area contributed by atoms with Crippen molar-refractivity contribution in [1.29, 1.82) is 0 Å². The van der Waals surface area contributed by atoms with Gasteiger partial charge in [-0.05, 0) is 67.0 Å². The van der Waals surface area contributed by atoms with Crippen molar-refractivity contribution in [3.05, 3.63) is 91.7 Å². The van der Waals surface area contributed by atoms with E-state index >= 15 is 0 Å². The summed E-state index contributed by atoms with van der Waals surface area (Å²) in [5.74, 6) is -0.294. The van der Waals surface area contributed by atoms with Gasteiger partial charge in [-0.1, -0.05) is 24.3 Å². The molecule has 1 aliphatic rings. The lowest BCUT2D eigenvalue weighted by Gasteiger charge is -2.38. The van der Waals surface area contributed by atoms with Gasteiger partial charge in [0.1, 0.15) is 0 Å². The molecule has 2 heterocycles. The van der Waals surface area contributed by atoms with E-state index in [1.807, 2.05) is 49.6 Å². The van der Waals surface area contributed by atoms with Crippen molar-refractivity contribution < 1.29 is 22.9 Å². The maximum absolute atomic E-state index is 13.8.